The van der Waals surface area contributed by atoms with Crippen LogP contribution in [0.3, 0.4) is 0 Å². The highest BCUT2D eigenvalue weighted by atomic mass is 35.5. The van der Waals surface area contributed by atoms with Gasteiger partial charge in [-0.3, -0.25) is 4.79 Å². The van der Waals surface area contributed by atoms with E-state index < -0.39 is 11.2 Å². The Balaban J connectivity index is 1.79. The van der Waals surface area contributed by atoms with Crippen molar-refractivity contribution in [3.05, 3.63) is 97.4 Å². The number of nitrogens with one attached hydrogen (secondary N) is 1. The van der Waals surface area contributed by atoms with Gasteiger partial charge in [-0.1, -0.05) is 23.7 Å². The minimum absolute atomic E-state index is 0.408. The number of H-pyrrole nitrogens is 1. The first-order valence-corrected chi connectivity index (χ1v) is 9.07. The summed E-state index contributed by atoms with van der Waals surface area (Å²) >= 11 is 5.98. The van der Waals surface area contributed by atoms with E-state index in [9.17, 15) is 9.59 Å². The van der Waals surface area contributed by atoms with E-state index in [1.54, 1.807) is 24.3 Å². The van der Waals surface area contributed by atoms with Crippen LogP contribution in [0.4, 0.5) is 0 Å². The topological polar surface area (TPSA) is 72.2 Å². The molecule has 0 unspecified atom stereocenters. The fourth-order valence-corrected chi connectivity index (χ4v) is 3.41. The van der Waals surface area contributed by atoms with Crippen LogP contribution in [-0.2, 0) is 0 Å². The van der Waals surface area contributed by atoms with Gasteiger partial charge in [0.15, 0.2) is 0 Å². The van der Waals surface area contributed by atoms with Crippen molar-refractivity contribution in [2.75, 3.05) is 0 Å². The third kappa shape index (κ3) is 3.08. The first-order chi connectivity index (χ1) is 13.5. The number of aryl methyl sites for hydroxylation is 1. The normalized spacial score (nSPS) is 11.5. The molecule has 0 bridgehead atoms. The molecular weight excluding hydrogens is 376 g/mol. The summed E-state index contributed by atoms with van der Waals surface area (Å²) in [4.78, 5) is 27.5. The second kappa shape index (κ2) is 6.98. The van der Waals surface area contributed by atoms with Gasteiger partial charge < -0.3 is 9.55 Å². The zero-order valence-corrected chi connectivity index (χ0v) is 16.1. The minimum atomic E-state index is -0.577. The van der Waals surface area contributed by atoms with Crippen LogP contribution >= 0.6 is 11.6 Å². The first kappa shape index (κ1) is 18.0. The Kier molecular flexibility index (Phi) is 4.49. The lowest BCUT2D eigenvalue weighted by Crippen LogP contribution is -2.32. The molecule has 0 aliphatic rings. The molecule has 2 aromatic carbocycles. The number of aromatic nitrogens is 3. The molecular formula is C21H17ClN4O2. The van der Waals surface area contributed by atoms with Gasteiger partial charge in [-0.25, -0.2) is 4.79 Å². The van der Waals surface area contributed by atoms with E-state index >= 15 is 0 Å². The van der Waals surface area contributed by atoms with Gasteiger partial charge in [-0.05, 0) is 56.3 Å². The predicted molar refractivity (Wildman–Crippen MR) is 112 cm³/mol. The molecule has 4 aromatic rings. The van der Waals surface area contributed by atoms with E-state index in [4.69, 9.17) is 11.6 Å². The smallest absolute Gasteiger partial charge is 0.318 e. The van der Waals surface area contributed by atoms with Gasteiger partial charge in [0, 0.05) is 27.7 Å². The minimum Gasteiger partial charge on any atom is -0.318 e. The van der Waals surface area contributed by atoms with Crippen molar-refractivity contribution in [3.63, 3.8) is 0 Å². The van der Waals surface area contributed by atoms with E-state index in [-0.39, 0.29) is 0 Å². The number of aromatic amines is 1. The van der Waals surface area contributed by atoms with Crippen molar-refractivity contribution < 1.29 is 0 Å². The zero-order valence-electron chi connectivity index (χ0n) is 15.3. The lowest BCUT2D eigenvalue weighted by Gasteiger charge is -2.09. The van der Waals surface area contributed by atoms with E-state index in [2.05, 4.69) is 14.7 Å². The standard InChI is InChI=1S/C21H17ClN4O2/c1-13-11-15(14(2)25(13)17-9-7-16(22)8-10-17)12-23-26-20(27)18-5-3-4-6-19(18)24-21(26)28/h3-12H,1-2H3,(H,24,28). The summed E-state index contributed by atoms with van der Waals surface area (Å²) in [6.07, 6.45) is 1.53. The van der Waals surface area contributed by atoms with Crippen LogP contribution in [0.25, 0.3) is 16.6 Å². The van der Waals surface area contributed by atoms with Gasteiger partial charge in [-0.15, -0.1) is 4.68 Å². The molecule has 28 heavy (non-hydrogen) atoms. The van der Waals surface area contributed by atoms with Crippen LogP contribution < -0.4 is 11.2 Å². The molecule has 0 spiro atoms. The molecule has 2 aromatic heterocycles. The average Bonchev–Trinajstić information content (AvgIpc) is 2.96. The molecule has 2 heterocycles. The van der Waals surface area contributed by atoms with Gasteiger partial charge in [0.2, 0.25) is 0 Å². The Morgan fingerprint density at radius 2 is 1.75 bits per heavy atom. The van der Waals surface area contributed by atoms with Gasteiger partial charge in [-0.2, -0.15) is 5.10 Å². The van der Waals surface area contributed by atoms with Crippen molar-refractivity contribution in [1.29, 1.82) is 0 Å². The molecule has 0 atom stereocenters. The van der Waals surface area contributed by atoms with Crippen molar-refractivity contribution in [3.8, 4) is 5.69 Å². The number of fused-ring (bicyclic) bond motifs is 1. The number of halogens is 1. The zero-order chi connectivity index (χ0) is 19.8. The van der Waals surface area contributed by atoms with Crippen LogP contribution in [-0.4, -0.2) is 20.4 Å². The summed E-state index contributed by atoms with van der Waals surface area (Å²) in [6.45, 7) is 3.93. The van der Waals surface area contributed by atoms with Crippen LogP contribution in [0.1, 0.15) is 17.0 Å². The second-order valence-corrected chi connectivity index (χ2v) is 6.91. The molecule has 0 saturated carbocycles. The summed E-state index contributed by atoms with van der Waals surface area (Å²) in [5.41, 5.74) is 3.18. The fourth-order valence-electron chi connectivity index (χ4n) is 3.28. The molecule has 0 radical (unpaired) electrons. The molecule has 6 nitrogen and oxygen atoms in total. The Labute approximate surface area is 165 Å². The molecule has 7 heteroatoms. The average molecular weight is 393 g/mol. The predicted octanol–water partition coefficient (Wildman–Crippen LogP) is 3.63. The molecule has 4 rings (SSSR count). The summed E-state index contributed by atoms with van der Waals surface area (Å²) in [5, 5.41) is 5.23. The summed E-state index contributed by atoms with van der Waals surface area (Å²) in [7, 11) is 0. The Hall–Kier alpha value is -3.38. The highest BCUT2D eigenvalue weighted by molar-refractivity contribution is 6.30. The molecule has 0 aliphatic carbocycles. The second-order valence-electron chi connectivity index (χ2n) is 6.48. The summed E-state index contributed by atoms with van der Waals surface area (Å²) in [5.74, 6) is 0. The third-order valence-corrected chi connectivity index (χ3v) is 4.90. The maximum Gasteiger partial charge on any atom is 0.349 e. The third-order valence-electron chi connectivity index (χ3n) is 4.65. The maximum absolute atomic E-state index is 12.6. The highest BCUT2D eigenvalue weighted by Crippen LogP contribution is 2.21. The van der Waals surface area contributed by atoms with Crippen LogP contribution in [0.5, 0.6) is 0 Å². The van der Waals surface area contributed by atoms with Crippen LogP contribution in [0.15, 0.2) is 69.3 Å². The Morgan fingerprint density at radius 1 is 1.04 bits per heavy atom. The van der Waals surface area contributed by atoms with Crippen molar-refractivity contribution in [1.82, 2.24) is 14.2 Å². The number of para-hydroxylation sites is 1. The monoisotopic (exact) mass is 392 g/mol. The van der Waals surface area contributed by atoms with Crippen molar-refractivity contribution in [2.45, 2.75) is 13.8 Å². The number of nitrogens with zero attached hydrogens (tertiary/aromatic N) is 3. The highest BCUT2D eigenvalue weighted by Gasteiger charge is 2.10. The largest absolute Gasteiger partial charge is 0.349 e. The number of hydrogen-bond donors (Lipinski definition) is 1. The molecule has 140 valence electrons. The van der Waals surface area contributed by atoms with Crippen LogP contribution in [0, 0.1) is 13.8 Å². The van der Waals surface area contributed by atoms with E-state index in [0.29, 0.717) is 15.9 Å². The maximum atomic E-state index is 12.6. The van der Waals surface area contributed by atoms with Gasteiger partial charge >= 0.3 is 5.69 Å². The quantitative estimate of drug-likeness (QED) is 0.541. The lowest BCUT2D eigenvalue weighted by atomic mass is 10.2. The van der Waals surface area contributed by atoms with E-state index in [1.807, 2.05) is 44.2 Å². The van der Waals surface area contributed by atoms with Gasteiger partial charge in [0.05, 0.1) is 17.1 Å². The molecule has 0 fully saturated rings. The number of benzene rings is 2. The van der Waals surface area contributed by atoms with Crippen molar-refractivity contribution in [2.24, 2.45) is 5.10 Å². The lowest BCUT2D eigenvalue weighted by molar-refractivity contribution is 0.771. The molecule has 1 N–H and O–H groups in total. The SMILES string of the molecule is Cc1cc(C=Nn2c(=O)[nH]c3ccccc3c2=O)c(C)n1-c1ccc(Cl)cc1. The summed E-state index contributed by atoms with van der Waals surface area (Å²) in [6, 6.07) is 16.3. The fraction of sp³-hybridized carbons (Fsp3) is 0.0952. The summed E-state index contributed by atoms with van der Waals surface area (Å²) < 4.78 is 2.90. The van der Waals surface area contributed by atoms with Gasteiger partial charge in [0.25, 0.3) is 5.56 Å². The molecule has 0 amide bonds. The molecule has 0 aliphatic heterocycles. The molecule has 0 saturated heterocycles. The van der Waals surface area contributed by atoms with E-state index in [0.717, 1.165) is 27.3 Å². The number of hydrogen-bond acceptors (Lipinski definition) is 3. The first-order valence-electron chi connectivity index (χ1n) is 8.69. The number of rotatable bonds is 3. The van der Waals surface area contributed by atoms with E-state index in [1.165, 1.54) is 6.21 Å². The Morgan fingerprint density at radius 3 is 2.50 bits per heavy atom. The van der Waals surface area contributed by atoms with Gasteiger partial charge in [0.1, 0.15) is 0 Å². The Bertz CT molecular complexity index is 1330. The van der Waals surface area contributed by atoms with Crippen molar-refractivity contribution >= 4 is 28.7 Å². The van der Waals surface area contributed by atoms with Crippen LogP contribution in [0.2, 0.25) is 5.02 Å².